The molecule has 3 aromatic rings. The average Bonchev–Trinajstić information content (AvgIpc) is 3.04. The van der Waals surface area contributed by atoms with Gasteiger partial charge in [0.05, 0.1) is 11.6 Å². The summed E-state index contributed by atoms with van der Waals surface area (Å²) in [7, 11) is 0. The highest BCUT2D eigenvalue weighted by molar-refractivity contribution is 14.0. The van der Waals surface area contributed by atoms with E-state index in [9.17, 15) is 0 Å². The number of nitrogens with zero attached hydrogens (tertiary/aromatic N) is 2. The second kappa shape index (κ2) is 10.5. The summed E-state index contributed by atoms with van der Waals surface area (Å²) in [5.74, 6) is 0.851. The van der Waals surface area contributed by atoms with Crippen molar-refractivity contribution in [3.8, 4) is 0 Å². The Bertz CT molecular complexity index is 860. The van der Waals surface area contributed by atoms with E-state index in [4.69, 9.17) is 4.99 Å². The Morgan fingerprint density at radius 1 is 1.12 bits per heavy atom. The Kier molecular flexibility index (Phi) is 8.31. The molecule has 2 N–H and O–H groups in total. The maximum absolute atomic E-state index is 4.70. The average molecular weight is 480 g/mol. The van der Waals surface area contributed by atoms with Crippen LogP contribution in [0.25, 0.3) is 10.8 Å². The van der Waals surface area contributed by atoms with Crippen molar-refractivity contribution in [1.82, 2.24) is 15.6 Å². The molecule has 0 saturated heterocycles. The molecule has 26 heavy (non-hydrogen) atoms. The molecule has 1 aromatic heterocycles. The molecule has 0 fully saturated rings. The summed E-state index contributed by atoms with van der Waals surface area (Å²) in [5, 5.41) is 10.4. The van der Waals surface area contributed by atoms with Crippen molar-refractivity contribution in [2.45, 2.75) is 26.8 Å². The molecule has 0 bridgehead atoms. The van der Waals surface area contributed by atoms with Gasteiger partial charge in [0.25, 0.3) is 0 Å². The van der Waals surface area contributed by atoms with Gasteiger partial charge in [0.2, 0.25) is 0 Å². The maximum Gasteiger partial charge on any atom is 0.191 e. The van der Waals surface area contributed by atoms with Crippen LogP contribution < -0.4 is 10.6 Å². The summed E-state index contributed by atoms with van der Waals surface area (Å²) < 4.78 is 0. The molecule has 0 radical (unpaired) electrons. The zero-order valence-corrected chi connectivity index (χ0v) is 18.3. The van der Waals surface area contributed by atoms with Crippen LogP contribution in [0.4, 0.5) is 0 Å². The lowest BCUT2D eigenvalue weighted by atomic mass is 10.1. The molecule has 3 rings (SSSR count). The molecule has 138 valence electrons. The van der Waals surface area contributed by atoms with E-state index in [1.165, 1.54) is 21.2 Å². The van der Waals surface area contributed by atoms with E-state index < -0.39 is 0 Å². The first-order valence-corrected chi connectivity index (χ1v) is 9.47. The summed E-state index contributed by atoms with van der Waals surface area (Å²) in [6, 6.07) is 14.9. The molecule has 0 unspecified atom stereocenters. The summed E-state index contributed by atoms with van der Waals surface area (Å²) in [6.45, 7) is 6.51. The van der Waals surface area contributed by atoms with Gasteiger partial charge in [-0.1, -0.05) is 36.4 Å². The fourth-order valence-electron chi connectivity index (χ4n) is 2.65. The van der Waals surface area contributed by atoms with Gasteiger partial charge in [-0.05, 0) is 36.2 Å². The summed E-state index contributed by atoms with van der Waals surface area (Å²) >= 11 is 1.75. The zero-order valence-electron chi connectivity index (χ0n) is 15.2. The van der Waals surface area contributed by atoms with E-state index in [2.05, 4.69) is 71.9 Å². The number of aliphatic imine (C=N–C) groups is 1. The third-order valence-corrected chi connectivity index (χ3v) is 4.85. The molecule has 0 aliphatic carbocycles. The lowest BCUT2D eigenvalue weighted by molar-refractivity contribution is 0.796. The van der Waals surface area contributed by atoms with Gasteiger partial charge in [-0.2, -0.15) is 0 Å². The number of aryl methyl sites for hydroxylation is 1. The predicted octanol–water partition coefficient (Wildman–Crippen LogP) is 4.52. The monoisotopic (exact) mass is 480 g/mol. The van der Waals surface area contributed by atoms with E-state index in [1.54, 1.807) is 11.3 Å². The van der Waals surface area contributed by atoms with Gasteiger partial charge < -0.3 is 10.6 Å². The number of guanidine groups is 1. The fraction of sp³-hybridized carbons (Fsp3) is 0.300. The van der Waals surface area contributed by atoms with Crippen molar-refractivity contribution in [3.63, 3.8) is 0 Å². The van der Waals surface area contributed by atoms with Crippen LogP contribution in [0, 0.1) is 6.92 Å². The van der Waals surface area contributed by atoms with Crippen molar-refractivity contribution >= 4 is 52.0 Å². The van der Waals surface area contributed by atoms with Gasteiger partial charge in [0.1, 0.15) is 0 Å². The maximum atomic E-state index is 4.70. The third kappa shape index (κ3) is 5.95. The number of hydrogen-bond acceptors (Lipinski definition) is 3. The van der Waals surface area contributed by atoms with Crippen LogP contribution in [0.1, 0.15) is 22.4 Å². The first kappa shape index (κ1) is 20.6. The smallest absolute Gasteiger partial charge is 0.191 e. The summed E-state index contributed by atoms with van der Waals surface area (Å²) in [6.07, 6.45) is 2.85. The third-order valence-electron chi connectivity index (χ3n) is 3.88. The van der Waals surface area contributed by atoms with Crippen LogP contribution >= 0.6 is 35.3 Å². The topological polar surface area (TPSA) is 49.3 Å². The van der Waals surface area contributed by atoms with Gasteiger partial charge in [0.15, 0.2) is 5.96 Å². The Hall–Kier alpha value is -1.67. The van der Waals surface area contributed by atoms with Crippen molar-refractivity contribution in [1.29, 1.82) is 0 Å². The summed E-state index contributed by atoms with van der Waals surface area (Å²) in [5.41, 5.74) is 1.21. The molecule has 0 spiro atoms. The van der Waals surface area contributed by atoms with E-state index in [0.29, 0.717) is 6.54 Å². The minimum atomic E-state index is 0. The van der Waals surface area contributed by atoms with Crippen molar-refractivity contribution in [3.05, 3.63) is 64.1 Å². The largest absolute Gasteiger partial charge is 0.357 e. The van der Waals surface area contributed by atoms with Crippen molar-refractivity contribution in [2.24, 2.45) is 4.99 Å². The van der Waals surface area contributed by atoms with Crippen LogP contribution in [0.3, 0.4) is 0 Å². The minimum absolute atomic E-state index is 0. The minimum Gasteiger partial charge on any atom is -0.357 e. The van der Waals surface area contributed by atoms with E-state index >= 15 is 0 Å². The lowest BCUT2D eigenvalue weighted by Crippen LogP contribution is -2.38. The Balaban J connectivity index is 0.00000243. The lowest BCUT2D eigenvalue weighted by Gasteiger charge is -2.11. The molecule has 0 saturated carbocycles. The van der Waals surface area contributed by atoms with E-state index in [1.807, 2.05) is 6.20 Å². The second-order valence-electron chi connectivity index (χ2n) is 5.92. The standard InChI is InChI=1S/C20H24N4S.HI/c1-3-21-20(22-11-10-19-23-13-15(2)25-19)24-14-16-8-9-17-6-4-5-7-18(17)12-16;/h4-9,12-13H,3,10-11,14H2,1-2H3,(H2,21,22,24);1H. The van der Waals surface area contributed by atoms with Gasteiger partial charge in [0, 0.05) is 30.6 Å². The quantitative estimate of drug-likeness (QED) is 0.310. The second-order valence-corrected chi connectivity index (χ2v) is 7.24. The summed E-state index contributed by atoms with van der Waals surface area (Å²) in [4.78, 5) is 10.4. The number of nitrogens with one attached hydrogen (secondary N) is 2. The molecule has 4 nitrogen and oxygen atoms in total. The molecule has 0 amide bonds. The van der Waals surface area contributed by atoms with Gasteiger partial charge in [-0.25, -0.2) is 9.98 Å². The highest BCUT2D eigenvalue weighted by Gasteiger charge is 2.01. The molecule has 6 heteroatoms. The van der Waals surface area contributed by atoms with Crippen molar-refractivity contribution in [2.75, 3.05) is 13.1 Å². The number of thiazole rings is 1. The number of hydrogen-bond donors (Lipinski definition) is 2. The van der Waals surface area contributed by atoms with Gasteiger partial charge in [-0.15, -0.1) is 35.3 Å². The van der Waals surface area contributed by atoms with Crippen LogP contribution in [0.15, 0.2) is 53.7 Å². The number of aromatic nitrogens is 1. The van der Waals surface area contributed by atoms with Crippen molar-refractivity contribution < 1.29 is 0 Å². The number of fused-ring (bicyclic) bond motifs is 1. The fourth-order valence-corrected chi connectivity index (χ4v) is 3.44. The molecular weight excluding hydrogens is 455 g/mol. The van der Waals surface area contributed by atoms with Gasteiger partial charge in [-0.3, -0.25) is 0 Å². The van der Waals surface area contributed by atoms with Crippen LogP contribution in [-0.4, -0.2) is 24.0 Å². The first-order chi connectivity index (χ1) is 12.2. The van der Waals surface area contributed by atoms with E-state index in [-0.39, 0.29) is 24.0 Å². The molecule has 2 aromatic carbocycles. The van der Waals surface area contributed by atoms with Crippen LogP contribution in [-0.2, 0) is 13.0 Å². The normalized spacial score (nSPS) is 11.2. The Labute approximate surface area is 176 Å². The molecule has 0 aliphatic rings. The van der Waals surface area contributed by atoms with Crippen LogP contribution in [0.2, 0.25) is 0 Å². The molecule has 0 atom stereocenters. The highest BCUT2D eigenvalue weighted by atomic mass is 127. The molecular formula is C20H25IN4S. The number of rotatable bonds is 6. The van der Waals surface area contributed by atoms with E-state index in [0.717, 1.165) is 30.5 Å². The molecule has 0 aliphatic heterocycles. The number of halogens is 1. The Morgan fingerprint density at radius 2 is 1.92 bits per heavy atom. The SMILES string of the molecule is CCNC(=NCc1ccc2ccccc2c1)NCCc1ncc(C)s1.I. The molecule has 1 heterocycles. The number of benzene rings is 2. The Morgan fingerprint density at radius 3 is 2.65 bits per heavy atom. The van der Waals surface area contributed by atoms with Crippen LogP contribution in [0.5, 0.6) is 0 Å². The first-order valence-electron chi connectivity index (χ1n) is 8.66. The zero-order chi connectivity index (χ0) is 17.5. The predicted molar refractivity (Wildman–Crippen MR) is 123 cm³/mol. The highest BCUT2D eigenvalue weighted by Crippen LogP contribution is 2.16. The van der Waals surface area contributed by atoms with Gasteiger partial charge >= 0.3 is 0 Å².